The predicted molar refractivity (Wildman–Crippen MR) is 77.7 cm³/mol. The van der Waals surface area contributed by atoms with Gasteiger partial charge in [0.05, 0.1) is 11.7 Å². The van der Waals surface area contributed by atoms with Gasteiger partial charge in [-0.3, -0.25) is 4.79 Å². The maximum absolute atomic E-state index is 11.9. The summed E-state index contributed by atoms with van der Waals surface area (Å²) in [5.74, 6) is 0.903. The van der Waals surface area contributed by atoms with Gasteiger partial charge < -0.3 is 9.72 Å². The molecule has 0 aliphatic heterocycles. The Morgan fingerprint density at radius 3 is 2.75 bits per heavy atom. The van der Waals surface area contributed by atoms with Crippen molar-refractivity contribution in [1.82, 2.24) is 14.7 Å². The summed E-state index contributed by atoms with van der Waals surface area (Å²) in [4.78, 5) is 16.3. The van der Waals surface area contributed by atoms with Gasteiger partial charge in [0.1, 0.15) is 5.82 Å². The van der Waals surface area contributed by atoms with Crippen LogP contribution in [-0.2, 0) is 6.42 Å². The summed E-state index contributed by atoms with van der Waals surface area (Å²) < 4.78 is 2.04. The molecule has 0 saturated carbocycles. The molecular formula is C16H15N3O. The minimum absolute atomic E-state index is 0.0496. The lowest BCUT2D eigenvalue weighted by Crippen LogP contribution is -2.26. The van der Waals surface area contributed by atoms with Crippen molar-refractivity contribution in [1.29, 1.82) is 0 Å². The van der Waals surface area contributed by atoms with E-state index < -0.39 is 0 Å². The van der Waals surface area contributed by atoms with Crippen LogP contribution in [0.2, 0.25) is 0 Å². The minimum Gasteiger partial charge on any atom is -0.352 e. The molecule has 3 rings (SSSR count). The van der Waals surface area contributed by atoms with Crippen molar-refractivity contribution in [3.63, 3.8) is 0 Å². The molecule has 0 radical (unpaired) electrons. The van der Waals surface area contributed by atoms with Gasteiger partial charge in [-0.2, -0.15) is 0 Å². The van der Waals surface area contributed by atoms with Crippen LogP contribution in [0.3, 0.4) is 0 Å². The molecule has 0 bridgehead atoms. The molecule has 0 spiro atoms. The molecule has 0 aliphatic carbocycles. The van der Waals surface area contributed by atoms with Gasteiger partial charge in [0.2, 0.25) is 0 Å². The minimum atomic E-state index is -0.0496. The average Bonchev–Trinajstić information content (AvgIpc) is 2.92. The summed E-state index contributed by atoms with van der Waals surface area (Å²) in [7, 11) is 0. The summed E-state index contributed by atoms with van der Waals surface area (Å²) in [5.41, 5.74) is 1.75. The highest BCUT2D eigenvalue weighted by atomic mass is 16.1. The lowest BCUT2D eigenvalue weighted by molar-refractivity contribution is 0.0954. The second-order valence-corrected chi connectivity index (χ2v) is 4.54. The number of benzene rings is 1. The van der Waals surface area contributed by atoms with Gasteiger partial charge in [-0.25, -0.2) is 4.98 Å². The van der Waals surface area contributed by atoms with Gasteiger partial charge in [0.15, 0.2) is 0 Å². The number of nitrogens with one attached hydrogen (secondary N) is 1. The number of aromatic nitrogens is 2. The zero-order valence-corrected chi connectivity index (χ0v) is 11.0. The van der Waals surface area contributed by atoms with E-state index >= 15 is 0 Å². The number of fused-ring (bicyclic) bond motifs is 1. The Balaban J connectivity index is 1.62. The quantitative estimate of drug-likeness (QED) is 0.787. The van der Waals surface area contributed by atoms with Gasteiger partial charge in [0, 0.05) is 24.7 Å². The number of pyridine rings is 1. The molecule has 0 saturated heterocycles. The SMILES string of the molecule is O=C(NCCc1ncc2ccccn12)c1ccccc1. The first-order valence-corrected chi connectivity index (χ1v) is 6.59. The Kier molecular flexibility index (Phi) is 3.46. The van der Waals surface area contributed by atoms with E-state index in [-0.39, 0.29) is 5.91 Å². The Morgan fingerprint density at radius 1 is 1.10 bits per heavy atom. The molecule has 1 aromatic carbocycles. The Morgan fingerprint density at radius 2 is 1.90 bits per heavy atom. The van der Waals surface area contributed by atoms with Crippen molar-refractivity contribution in [3.05, 3.63) is 72.3 Å². The number of nitrogens with zero attached hydrogens (tertiary/aromatic N) is 2. The van der Waals surface area contributed by atoms with Gasteiger partial charge in [-0.05, 0) is 24.3 Å². The van der Waals surface area contributed by atoms with Crippen LogP contribution < -0.4 is 5.32 Å². The number of hydrogen-bond acceptors (Lipinski definition) is 2. The molecule has 100 valence electrons. The zero-order valence-electron chi connectivity index (χ0n) is 11.0. The Hall–Kier alpha value is -2.62. The summed E-state index contributed by atoms with van der Waals surface area (Å²) >= 11 is 0. The van der Waals surface area contributed by atoms with Crippen LogP contribution in [0, 0.1) is 0 Å². The first kappa shape index (κ1) is 12.4. The second kappa shape index (κ2) is 5.57. The lowest BCUT2D eigenvalue weighted by atomic mass is 10.2. The largest absolute Gasteiger partial charge is 0.352 e. The fourth-order valence-electron chi connectivity index (χ4n) is 2.16. The Labute approximate surface area is 117 Å². The fourth-order valence-corrected chi connectivity index (χ4v) is 2.16. The van der Waals surface area contributed by atoms with Gasteiger partial charge in [-0.15, -0.1) is 0 Å². The molecule has 0 unspecified atom stereocenters. The van der Waals surface area contributed by atoms with Crippen molar-refractivity contribution in [2.24, 2.45) is 0 Å². The Bertz CT molecular complexity index is 719. The summed E-state index contributed by atoms with van der Waals surface area (Å²) in [6.07, 6.45) is 4.53. The molecule has 0 fully saturated rings. The number of carbonyl (C=O) groups is 1. The molecule has 2 aromatic heterocycles. The van der Waals surface area contributed by atoms with Crippen molar-refractivity contribution in [2.45, 2.75) is 6.42 Å². The summed E-state index contributed by atoms with van der Waals surface area (Å²) in [6, 6.07) is 15.2. The molecule has 0 aliphatic rings. The van der Waals surface area contributed by atoms with Gasteiger partial charge in [0.25, 0.3) is 5.91 Å². The van der Waals surface area contributed by atoms with E-state index in [0.29, 0.717) is 18.5 Å². The molecule has 20 heavy (non-hydrogen) atoms. The molecular weight excluding hydrogens is 250 g/mol. The third-order valence-electron chi connectivity index (χ3n) is 3.19. The van der Waals surface area contributed by atoms with Crippen molar-refractivity contribution in [3.8, 4) is 0 Å². The smallest absolute Gasteiger partial charge is 0.251 e. The topological polar surface area (TPSA) is 46.4 Å². The normalized spacial score (nSPS) is 10.6. The van der Waals surface area contributed by atoms with E-state index in [1.807, 2.05) is 53.2 Å². The maximum Gasteiger partial charge on any atom is 0.251 e. The highest BCUT2D eigenvalue weighted by Gasteiger charge is 2.06. The van der Waals surface area contributed by atoms with E-state index in [1.165, 1.54) is 0 Å². The molecule has 4 nitrogen and oxygen atoms in total. The number of imidazole rings is 1. The molecule has 3 aromatic rings. The molecule has 4 heteroatoms. The maximum atomic E-state index is 11.9. The standard InChI is InChI=1S/C16H15N3O/c20-16(13-6-2-1-3-7-13)17-10-9-15-18-12-14-8-4-5-11-19(14)15/h1-8,11-12H,9-10H2,(H,17,20). The van der Waals surface area contributed by atoms with Crippen LogP contribution >= 0.6 is 0 Å². The van der Waals surface area contributed by atoms with Gasteiger partial charge >= 0.3 is 0 Å². The molecule has 1 amide bonds. The molecule has 2 heterocycles. The molecule has 1 N–H and O–H groups in total. The van der Waals surface area contributed by atoms with Crippen LogP contribution in [0.1, 0.15) is 16.2 Å². The number of hydrogen-bond donors (Lipinski definition) is 1. The van der Waals surface area contributed by atoms with Crippen molar-refractivity contribution in [2.75, 3.05) is 6.54 Å². The highest BCUT2D eigenvalue weighted by molar-refractivity contribution is 5.94. The first-order chi connectivity index (χ1) is 9.84. The van der Waals surface area contributed by atoms with E-state index in [0.717, 1.165) is 11.3 Å². The van der Waals surface area contributed by atoms with Crippen molar-refractivity contribution >= 4 is 11.4 Å². The van der Waals surface area contributed by atoms with Crippen LogP contribution in [0.25, 0.3) is 5.52 Å². The number of amides is 1. The number of rotatable bonds is 4. The van der Waals surface area contributed by atoms with E-state index in [4.69, 9.17) is 0 Å². The average molecular weight is 265 g/mol. The third kappa shape index (κ3) is 2.54. The van der Waals surface area contributed by atoms with Crippen LogP contribution in [0.5, 0.6) is 0 Å². The van der Waals surface area contributed by atoms with Crippen LogP contribution in [-0.4, -0.2) is 21.8 Å². The predicted octanol–water partition coefficient (Wildman–Crippen LogP) is 2.31. The van der Waals surface area contributed by atoms with Gasteiger partial charge in [-0.1, -0.05) is 24.3 Å². The van der Waals surface area contributed by atoms with E-state index in [1.54, 1.807) is 12.1 Å². The lowest BCUT2D eigenvalue weighted by Gasteiger charge is -2.05. The van der Waals surface area contributed by atoms with Crippen molar-refractivity contribution < 1.29 is 4.79 Å². The van der Waals surface area contributed by atoms with E-state index in [2.05, 4.69) is 10.3 Å². The summed E-state index contributed by atoms with van der Waals surface area (Å²) in [6.45, 7) is 0.571. The monoisotopic (exact) mass is 265 g/mol. The summed E-state index contributed by atoms with van der Waals surface area (Å²) in [5, 5.41) is 2.91. The fraction of sp³-hybridized carbons (Fsp3) is 0.125. The van der Waals surface area contributed by atoms with Crippen LogP contribution in [0.15, 0.2) is 60.9 Å². The third-order valence-corrected chi connectivity index (χ3v) is 3.19. The van der Waals surface area contributed by atoms with Crippen LogP contribution in [0.4, 0.5) is 0 Å². The first-order valence-electron chi connectivity index (χ1n) is 6.59. The highest BCUT2D eigenvalue weighted by Crippen LogP contribution is 2.06. The van der Waals surface area contributed by atoms with E-state index in [9.17, 15) is 4.79 Å². The molecule has 0 atom stereocenters. The second-order valence-electron chi connectivity index (χ2n) is 4.54. The number of carbonyl (C=O) groups excluding carboxylic acids is 1. The zero-order chi connectivity index (χ0) is 13.8.